The van der Waals surface area contributed by atoms with E-state index in [1.807, 2.05) is 6.07 Å². The third-order valence-corrected chi connectivity index (χ3v) is 5.64. The molecular weight excluding hydrogens is 258 g/mol. The van der Waals surface area contributed by atoms with Crippen molar-refractivity contribution in [3.05, 3.63) is 21.4 Å². The van der Waals surface area contributed by atoms with Crippen LogP contribution in [-0.4, -0.2) is 23.9 Å². The summed E-state index contributed by atoms with van der Waals surface area (Å²) in [4.78, 5) is 14.9. The molecule has 2 atom stereocenters. The van der Waals surface area contributed by atoms with Crippen molar-refractivity contribution in [3.63, 3.8) is 0 Å². The molecule has 0 aromatic carbocycles. The van der Waals surface area contributed by atoms with Crippen LogP contribution < -0.4 is 16.8 Å². The first-order valence-corrected chi connectivity index (χ1v) is 7.84. The van der Waals surface area contributed by atoms with Crippen molar-refractivity contribution in [2.45, 2.75) is 50.2 Å². The zero-order valence-corrected chi connectivity index (χ0v) is 11.9. The van der Waals surface area contributed by atoms with Crippen LogP contribution in [0.3, 0.4) is 0 Å². The summed E-state index contributed by atoms with van der Waals surface area (Å²) in [5, 5.41) is 3.33. The maximum absolute atomic E-state index is 12.7. The van der Waals surface area contributed by atoms with Crippen molar-refractivity contribution in [3.8, 4) is 0 Å². The van der Waals surface area contributed by atoms with E-state index in [9.17, 15) is 4.79 Å². The quantitative estimate of drug-likeness (QED) is 0.710. The lowest BCUT2D eigenvalue weighted by molar-refractivity contribution is 0.0827. The molecule has 0 amide bonds. The molecule has 1 aromatic rings. The largest absolute Gasteiger partial charge is 0.326 e. The Morgan fingerprint density at radius 1 is 1.47 bits per heavy atom. The van der Waals surface area contributed by atoms with Crippen LogP contribution in [0.1, 0.15) is 45.8 Å². The van der Waals surface area contributed by atoms with Gasteiger partial charge in [-0.05, 0) is 30.9 Å². The molecule has 1 aliphatic carbocycles. The van der Waals surface area contributed by atoms with E-state index in [0.29, 0.717) is 6.42 Å². The molecule has 1 fully saturated rings. The van der Waals surface area contributed by atoms with E-state index in [1.165, 1.54) is 10.4 Å². The van der Waals surface area contributed by atoms with Gasteiger partial charge in [-0.15, -0.1) is 11.3 Å². The molecule has 0 bridgehead atoms. The first-order chi connectivity index (χ1) is 9.11. The number of nitrogens with two attached hydrogens (primary N) is 2. The molecule has 2 aliphatic rings. The van der Waals surface area contributed by atoms with E-state index in [-0.39, 0.29) is 11.8 Å². The summed E-state index contributed by atoms with van der Waals surface area (Å²) in [7, 11) is 0. The van der Waals surface area contributed by atoms with E-state index >= 15 is 0 Å². The van der Waals surface area contributed by atoms with Crippen LogP contribution in [0.4, 0.5) is 0 Å². The number of thiophene rings is 1. The smallest absolute Gasteiger partial charge is 0.194 e. The lowest BCUT2D eigenvalue weighted by Crippen LogP contribution is -2.62. The highest BCUT2D eigenvalue weighted by Crippen LogP contribution is 2.33. The summed E-state index contributed by atoms with van der Waals surface area (Å²) in [6.45, 7) is 1.86. The van der Waals surface area contributed by atoms with Crippen LogP contribution in [0.2, 0.25) is 0 Å². The fourth-order valence-corrected chi connectivity index (χ4v) is 4.32. The minimum atomic E-state index is -0.848. The maximum atomic E-state index is 12.7. The zero-order valence-electron chi connectivity index (χ0n) is 11.1. The van der Waals surface area contributed by atoms with E-state index < -0.39 is 5.54 Å². The minimum absolute atomic E-state index is 0.0547. The van der Waals surface area contributed by atoms with Crippen LogP contribution in [0.15, 0.2) is 6.07 Å². The Morgan fingerprint density at radius 2 is 2.32 bits per heavy atom. The number of nitrogens with one attached hydrogen (secondary N) is 1. The fourth-order valence-electron chi connectivity index (χ4n) is 3.10. The molecule has 3 rings (SSSR count). The highest BCUT2D eigenvalue weighted by Gasteiger charge is 2.42. The number of hydrogen-bond donors (Lipinski definition) is 3. The third-order valence-electron chi connectivity index (χ3n) is 4.40. The summed E-state index contributed by atoms with van der Waals surface area (Å²) >= 11 is 1.61. The Hall–Kier alpha value is -0.750. The molecule has 0 saturated heterocycles. The van der Waals surface area contributed by atoms with Crippen molar-refractivity contribution in [2.24, 2.45) is 11.5 Å². The van der Waals surface area contributed by atoms with Gasteiger partial charge in [-0.3, -0.25) is 4.79 Å². The monoisotopic (exact) mass is 279 g/mol. The number of rotatable bonds is 2. The molecule has 0 spiro atoms. The number of carbonyl (C=O) groups is 1. The van der Waals surface area contributed by atoms with Gasteiger partial charge in [0.2, 0.25) is 0 Å². The molecule has 19 heavy (non-hydrogen) atoms. The molecule has 1 aliphatic heterocycles. The molecule has 1 saturated carbocycles. The Morgan fingerprint density at radius 3 is 3.05 bits per heavy atom. The van der Waals surface area contributed by atoms with Gasteiger partial charge >= 0.3 is 0 Å². The predicted molar refractivity (Wildman–Crippen MR) is 77.4 cm³/mol. The SMILES string of the molecule is NC1CCCCC1(N)C(=O)c1cc2c(s1)CCNC2. The summed E-state index contributed by atoms with van der Waals surface area (Å²) in [5.41, 5.74) is 12.9. The number of fused-ring (bicyclic) bond motifs is 1. The van der Waals surface area contributed by atoms with Gasteiger partial charge in [0.1, 0.15) is 0 Å². The van der Waals surface area contributed by atoms with E-state index in [2.05, 4.69) is 5.32 Å². The van der Waals surface area contributed by atoms with Crippen molar-refractivity contribution in [1.29, 1.82) is 0 Å². The maximum Gasteiger partial charge on any atom is 0.194 e. The lowest BCUT2D eigenvalue weighted by Gasteiger charge is -2.37. The molecule has 5 heteroatoms. The van der Waals surface area contributed by atoms with Gasteiger partial charge in [0, 0.05) is 24.0 Å². The average Bonchev–Trinajstić information content (AvgIpc) is 2.85. The van der Waals surface area contributed by atoms with Crippen LogP contribution in [0.5, 0.6) is 0 Å². The topological polar surface area (TPSA) is 81.1 Å². The number of carbonyl (C=O) groups excluding carboxylic acids is 1. The Bertz CT molecular complexity index is 475. The molecule has 104 valence electrons. The second kappa shape index (κ2) is 4.98. The number of ketones is 1. The van der Waals surface area contributed by atoms with Crippen molar-refractivity contribution in [1.82, 2.24) is 5.32 Å². The van der Waals surface area contributed by atoms with Gasteiger partial charge in [-0.1, -0.05) is 12.8 Å². The summed E-state index contributed by atoms with van der Waals surface area (Å²) in [6.07, 6.45) is 4.67. The van der Waals surface area contributed by atoms with Crippen molar-refractivity contribution >= 4 is 17.1 Å². The highest BCUT2D eigenvalue weighted by molar-refractivity contribution is 7.14. The van der Waals surface area contributed by atoms with E-state index in [0.717, 1.165) is 43.6 Å². The molecule has 2 heterocycles. The van der Waals surface area contributed by atoms with Gasteiger partial charge < -0.3 is 16.8 Å². The predicted octanol–water partition coefficient (Wildman–Crippen LogP) is 1.18. The molecule has 2 unspecified atom stereocenters. The second-order valence-corrected chi connectivity index (χ2v) is 6.84. The number of hydrogen-bond acceptors (Lipinski definition) is 5. The normalized spacial score (nSPS) is 30.9. The fraction of sp³-hybridized carbons (Fsp3) is 0.643. The highest BCUT2D eigenvalue weighted by atomic mass is 32.1. The van der Waals surface area contributed by atoms with Crippen LogP contribution in [-0.2, 0) is 13.0 Å². The first-order valence-electron chi connectivity index (χ1n) is 7.03. The molecule has 4 nitrogen and oxygen atoms in total. The Kier molecular flexibility index (Phi) is 3.47. The molecule has 5 N–H and O–H groups in total. The summed E-state index contributed by atoms with van der Waals surface area (Å²) in [6, 6.07) is 1.82. The van der Waals surface area contributed by atoms with Crippen LogP contribution in [0, 0.1) is 0 Å². The first kappa shape index (κ1) is 13.2. The van der Waals surface area contributed by atoms with Gasteiger partial charge in [0.25, 0.3) is 0 Å². The standard InChI is InChI=1S/C14H21N3OS/c15-12-3-1-2-5-14(12,16)13(18)11-7-9-8-17-6-4-10(9)19-11/h7,12,17H,1-6,8,15-16H2. The Balaban J connectivity index is 1.88. The van der Waals surface area contributed by atoms with Gasteiger partial charge in [0.15, 0.2) is 5.78 Å². The molecular formula is C14H21N3OS. The zero-order chi connectivity index (χ0) is 13.5. The van der Waals surface area contributed by atoms with E-state index in [4.69, 9.17) is 11.5 Å². The number of Topliss-reactive ketones (excluding diaryl/α,β-unsaturated/α-hetero) is 1. The second-order valence-electron chi connectivity index (χ2n) is 5.71. The van der Waals surface area contributed by atoms with Gasteiger partial charge in [-0.25, -0.2) is 0 Å². The van der Waals surface area contributed by atoms with Crippen molar-refractivity contribution in [2.75, 3.05) is 6.54 Å². The van der Waals surface area contributed by atoms with Crippen LogP contribution >= 0.6 is 11.3 Å². The Labute approximate surface area is 117 Å². The molecule has 0 radical (unpaired) electrons. The summed E-state index contributed by atoms with van der Waals surface area (Å²) in [5.74, 6) is 0.0547. The average molecular weight is 279 g/mol. The van der Waals surface area contributed by atoms with Gasteiger partial charge in [-0.2, -0.15) is 0 Å². The van der Waals surface area contributed by atoms with Gasteiger partial charge in [0.05, 0.1) is 10.4 Å². The van der Waals surface area contributed by atoms with E-state index in [1.54, 1.807) is 11.3 Å². The minimum Gasteiger partial charge on any atom is -0.326 e. The summed E-state index contributed by atoms with van der Waals surface area (Å²) < 4.78 is 0. The van der Waals surface area contributed by atoms with Crippen molar-refractivity contribution < 1.29 is 4.79 Å². The molecule has 1 aromatic heterocycles. The third kappa shape index (κ3) is 2.25. The lowest BCUT2D eigenvalue weighted by atomic mass is 9.75. The van der Waals surface area contributed by atoms with Crippen LogP contribution in [0.25, 0.3) is 0 Å².